The van der Waals surface area contributed by atoms with Gasteiger partial charge in [-0.3, -0.25) is 47.9 Å². The zero-order chi connectivity index (χ0) is 69.8. The first-order chi connectivity index (χ1) is 41.4. The zero-order valence-electron chi connectivity index (χ0n) is 59.3. The summed E-state index contributed by atoms with van der Waals surface area (Å²) in [7, 11) is 8.15. The normalized spacial score (nSPS) is 26.4. The molecule has 0 aromatic carbocycles. The predicted molar refractivity (Wildman–Crippen MR) is 345 cm³/mol. The molecule has 0 radical (unpaired) electrons. The highest BCUT2D eigenvalue weighted by atomic mass is 16.6. The predicted octanol–water partition coefficient (Wildman–Crippen LogP) is 2.77. The Kier molecular flexibility index (Phi) is 34.2. The topological polar surface area (TPSA) is 317 Å². The van der Waals surface area contributed by atoms with Crippen molar-refractivity contribution in [1.29, 1.82) is 0 Å². The number of esters is 1. The van der Waals surface area contributed by atoms with Gasteiger partial charge in [0.05, 0.1) is 18.8 Å². The summed E-state index contributed by atoms with van der Waals surface area (Å²) in [6.45, 7) is 33.1. The molecule has 1 fully saturated rings. The lowest BCUT2D eigenvalue weighted by molar-refractivity contribution is -0.166. The number of carbonyl (C=O) groups excluding carboxylic acids is 11. The number of hydrogen-bond donors (Lipinski definition) is 7. The number of likely N-dealkylation sites (N-methyl/N-ethyl adjacent to an activating group) is 6. The number of amides is 10. The fourth-order valence-corrected chi connectivity index (χ4v) is 11.1. The van der Waals surface area contributed by atoms with Crippen LogP contribution in [0, 0.1) is 47.3 Å². The van der Waals surface area contributed by atoms with Gasteiger partial charge in [-0.05, 0) is 106 Å². The Labute approximate surface area is 538 Å². The van der Waals surface area contributed by atoms with Crippen molar-refractivity contribution in [2.24, 2.45) is 47.3 Å². The average molecular weight is 1280 g/mol. The molecular formula is C65H119N11O14. The van der Waals surface area contributed by atoms with E-state index in [2.05, 4.69) is 26.6 Å². The van der Waals surface area contributed by atoms with Crippen molar-refractivity contribution in [2.45, 2.75) is 249 Å². The van der Waals surface area contributed by atoms with Crippen LogP contribution in [0.1, 0.15) is 170 Å². The second kappa shape index (κ2) is 37.5. The molecule has 10 amide bonds. The van der Waals surface area contributed by atoms with Crippen molar-refractivity contribution in [2.75, 3.05) is 55.4 Å². The quantitative estimate of drug-likeness (QED) is 0.0915. The van der Waals surface area contributed by atoms with Crippen molar-refractivity contribution in [1.82, 2.24) is 56.0 Å². The van der Waals surface area contributed by atoms with Gasteiger partial charge >= 0.3 is 5.97 Å². The van der Waals surface area contributed by atoms with Gasteiger partial charge in [-0.2, -0.15) is 0 Å². The molecule has 1 aliphatic rings. The minimum atomic E-state index is -1.75. The van der Waals surface area contributed by atoms with Crippen LogP contribution >= 0.6 is 0 Å². The Morgan fingerprint density at radius 3 is 1.27 bits per heavy atom. The molecular weight excluding hydrogens is 1160 g/mol. The molecule has 0 saturated carbocycles. The number of rotatable bonds is 19. The largest absolute Gasteiger partial charge is 0.450 e. The van der Waals surface area contributed by atoms with Gasteiger partial charge in [0.15, 0.2) is 6.10 Å². The Balaban J connectivity index is 4.42. The van der Waals surface area contributed by atoms with Crippen LogP contribution in [-0.4, -0.2) is 239 Å². The highest BCUT2D eigenvalue weighted by Gasteiger charge is 2.46. The summed E-state index contributed by atoms with van der Waals surface area (Å²) in [5, 5.41) is 37.7. The molecule has 90 heavy (non-hydrogen) atoms. The van der Waals surface area contributed by atoms with E-state index in [9.17, 15) is 53.4 Å². The number of nitrogens with zero attached hydrogens (tertiary/aromatic N) is 6. The molecule has 1 rings (SSSR count). The molecule has 25 nitrogen and oxygen atoms in total. The molecule has 0 bridgehead atoms. The van der Waals surface area contributed by atoms with Gasteiger partial charge in [-0.25, -0.2) is 4.79 Å². The Hall–Kier alpha value is -5.95. The second-order valence-corrected chi connectivity index (χ2v) is 28.4. The molecule has 25 heteroatoms. The lowest BCUT2D eigenvalue weighted by Crippen LogP contribution is -2.64. The summed E-state index contributed by atoms with van der Waals surface area (Å²) in [6.07, 6.45) is -3.82. The maximum atomic E-state index is 15.2. The molecule has 1 heterocycles. The Morgan fingerprint density at radius 2 is 0.867 bits per heavy atom. The van der Waals surface area contributed by atoms with E-state index in [1.54, 1.807) is 34.6 Å². The molecule has 1 saturated heterocycles. The van der Waals surface area contributed by atoms with Gasteiger partial charge in [0.1, 0.15) is 54.4 Å². The van der Waals surface area contributed by atoms with Crippen molar-refractivity contribution in [3.05, 3.63) is 0 Å². The van der Waals surface area contributed by atoms with Crippen molar-refractivity contribution in [3.63, 3.8) is 0 Å². The number of carbonyl (C=O) groups is 11. The van der Waals surface area contributed by atoms with Crippen molar-refractivity contribution in [3.8, 4) is 0 Å². The highest BCUT2D eigenvalue weighted by molar-refractivity contribution is 5.99. The van der Waals surface area contributed by atoms with Crippen LogP contribution in [0.3, 0.4) is 0 Å². The second-order valence-electron chi connectivity index (χ2n) is 28.4. The van der Waals surface area contributed by atoms with E-state index < -0.39 is 162 Å². The van der Waals surface area contributed by atoms with E-state index in [0.29, 0.717) is 13.0 Å². The van der Waals surface area contributed by atoms with Gasteiger partial charge in [0, 0.05) is 48.3 Å². The first-order valence-electron chi connectivity index (χ1n) is 32.5. The molecule has 0 aliphatic carbocycles. The smallest absolute Gasteiger partial charge is 0.329 e. The van der Waals surface area contributed by atoms with Crippen LogP contribution < -0.4 is 26.6 Å². The number of hydrogen-bond acceptors (Lipinski definition) is 15. The molecule has 0 aromatic heterocycles. The molecule has 0 aromatic rings. The number of cyclic esters (lactones) is 1. The maximum Gasteiger partial charge on any atom is 0.329 e. The number of nitrogens with one attached hydrogen (secondary N) is 5. The summed E-state index contributed by atoms with van der Waals surface area (Å²) < 4.78 is 5.90. The Bertz CT molecular complexity index is 2400. The standard InChI is InChI=1S/C65H119N11O14/c1-34(2)28-45-60(84)73(22)48(31-37(7)8)56(80)67-43(18)65(89)90-55(40(13)14)64(88)74(23)49(32-38(9)10)58(82)69-46(29-35(3)4)61(85)75(24)52(39(11)12)63(87)76(25)53(54(79)42(17)26-27-66-41(15)16)59(83)70-51(44(19)77)62(86)71(20)33-50(78)72(21)47(30-36(5)6)57(81)68-45/h34-49,51-55,66,77,79H,26-33H2,1-25H3,(H,67,80)(H,68,81)(H,69,82)(H,70,83)/t42-,43-,44-,45-,46-,47+,48-,49-,51-,52-,53-,54-,55+/m1/s1. The average Bonchev–Trinajstić information content (AvgIpc) is 3.64. The third-order valence-corrected chi connectivity index (χ3v) is 16.5. The molecule has 1 aliphatic heterocycles. The summed E-state index contributed by atoms with van der Waals surface area (Å²) in [5.41, 5.74) is 0. The third kappa shape index (κ3) is 24.6. The van der Waals surface area contributed by atoms with Gasteiger partial charge in [-0.1, -0.05) is 118 Å². The lowest BCUT2D eigenvalue weighted by atomic mass is 9.91. The summed E-state index contributed by atoms with van der Waals surface area (Å²) in [5.74, 6) is -11.5. The van der Waals surface area contributed by atoms with E-state index in [1.165, 1.54) is 70.8 Å². The van der Waals surface area contributed by atoms with Gasteiger partial charge in [-0.15, -0.1) is 0 Å². The SMILES string of the molecule is CC(C)C[C@@H]1C(=O)N[C@H](CC(C)C)C(=O)N(C)[C@H](C(C)C)C(=O)N(C)[C@H]([C@H](O)[C@H](C)CCNC(C)C)C(=O)N[C@H]([C@@H](C)O)C(=O)N(C)CC(=O)N(C)[C@@H](CC(C)C)C(=O)N[C@H](CC(C)C)C(=O)N(C)[C@H](CC(C)C)C(=O)N[C@H](C)C(=O)O[C@@H](C(C)C)C(=O)N1C. The van der Waals surface area contributed by atoms with Crippen LogP contribution in [0.5, 0.6) is 0 Å². The lowest BCUT2D eigenvalue weighted by Gasteiger charge is -2.40. The monoisotopic (exact) mass is 1280 g/mol. The fraction of sp³-hybridized carbons (Fsp3) is 0.831. The minimum Gasteiger partial charge on any atom is -0.450 e. The zero-order valence-corrected chi connectivity index (χ0v) is 59.3. The molecule has 13 atom stereocenters. The van der Waals surface area contributed by atoms with Crippen LogP contribution in [0.2, 0.25) is 0 Å². The fourth-order valence-electron chi connectivity index (χ4n) is 11.1. The van der Waals surface area contributed by atoms with Gasteiger partial charge < -0.3 is 70.9 Å². The molecule has 518 valence electrons. The van der Waals surface area contributed by atoms with Gasteiger partial charge in [0.25, 0.3) is 5.91 Å². The van der Waals surface area contributed by atoms with E-state index in [-0.39, 0.29) is 67.7 Å². The first kappa shape index (κ1) is 82.1. The van der Waals surface area contributed by atoms with Gasteiger partial charge in [0.2, 0.25) is 53.2 Å². The maximum absolute atomic E-state index is 15.2. The number of aliphatic hydroxyl groups is 2. The van der Waals surface area contributed by atoms with E-state index >= 15 is 9.59 Å². The van der Waals surface area contributed by atoms with E-state index in [0.717, 1.165) is 14.7 Å². The van der Waals surface area contributed by atoms with Crippen molar-refractivity contribution < 1.29 is 67.7 Å². The molecule has 0 spiro atoms. The highest BCUT2D eigenvalue weighted by Crippen LogP contribution is 2.25. The van der Waals surface area contributed by atoms with Crippen LogP contribution in [0.15, 0.2) is 0 Å². The van der Waals surface area contributed by atoms with Crippen LogP contribution in [-0.2, 0) is 57.5 Å². The van der Waals surface area contributed by atoms with Crippen LogP contribution in [0.4, 0.5) is 0 Å². The van der Waals surface area contributed by atoms with Crippen molar-refractivity contribution >= 4 is 65.0 Å². The number of ether oxygens (including phenoxy) is 1. The van der Waals surface area contributed by atoms with E-state index in [4.69, 9.17) is 4.74 Å². The molecule has 7 N–H and O–H groups in total. The Morgan fingerprint density at radius 1 is 0.467 bits per heavy atom. The molecule has 0 unspecified atom stereocenters. The van der Waals surface area contributed by atoms with E-state index in [1.807, 2.05) is 83.1 Å². The number of aliphatic hydroxyl groups excluding tert-OH is 2. The summed E-state index contributed by atoms with van der Waals surface area (Å²) >= 11 is 0. The summed E-state index contributed by atoms with van der Waals surface area (Å²) in [6, 6.07) is -12.2. The van der Waals surface area contributed by atoms with Crippen LogP contribution in [0.25, 0.3) is 0 Å². The summed E-state index contributed by atoms with van der Waals surface area (Å²) in [4.78, 5) is 168. The minimum absolute atomic E-state index is 0.0757. The third-order valence-electron chi connectivity index (χ3n) is 16.5. The first-order valence-corrected chi connectivity index (χ1v) is 32.5.